The van der Waals surface area contributed by atoms with Gasteiger partial charge in [0.25, 0.3) is 0 Å². The molecule has 0 bridgehead atoms. The Morgan fingerprint density at radius 1 is 1.28 bits per heavy atom. The summed E-state index contributed by atoms with van der Waals surface area (Å²) in [6, 6.07) is 0. The van der Waals surface area contributed by atoms with Crippen LogP contribution in [0.2, 0.25) is 0 Å². The van der Waals surface area contributed by atoms with Gasteiger partial charge in [0.15, 0.2) is 0 Å². The van der Waals surface area contributed by atoms with Gasteiger partial charge in [-0.15, -0.1) is 0 Å². The number of rotatable bonds is 5. The maximum absolute atomic E-state index is 12.2. The molecule has 0 aromatic carbocycles. The van der Waals surface area contributed by atoms with Crippen LogP contribution < -0.4 is 5.32 Å². The fourth-order valence-electron chi connectivity index (χ4n) is 1.12. The summed E-state index contributed by atoms with van der Waals surface area (Å²) in [5.41, 5.74) is -0.562. The van der Waals surface area contributed by atoms with Crippen molar-refractivity contribution in [3.05, 3.63) is 0 Å². The summed E-state index contributed by atoms with van der Waals surface area (Å²) in [5, 5.41) is 2.51. The molecule has 0 aliphatic carbocycles. The molecule has 0 saturated heterocycles. The van der Waals surface area contributed by atoms with Crippen LogP contribution in [0.3, 0.4) is 0 Å². The lowest BCUT2D eigenvalue weighted by molar-refractivity contribution is -0.126. The van der Waals surface area contributed by atoms with Gasteiger partial charge in [-0.1, -0.05) is 29.0 Å². The lowest BCUT2D eigenvalue weighted by atomic mass is 10.2. The average Bonchev–Trinajstić information content (AvgIpc) is 2.12. The zero-order chi connectivity index (χ0) is 14.4. The number of hydrogen-bond donors (Lipinski definition) is 1. The number of alkyl carbamates (subject to hydrolysis) is 1. The van der Waals surface area contributed by atoms with E-state index in [4.69, 9.17) is 4.74 Å². The minimum Gasteiger partial charge on any atom is -0.444 e. The average molecular weight is 381 g/mol. The van der Waals surface area contributed by atoms with Gasteiger partial charge in [-0.2, -0.15) is 13.2 Å². The number of unbranched alkanes of at least 4 members (excludes halogenated alkanes) is 1. The monoisotopic (exact) mass is 381 g/mol. The van der Waals surface area contributed by atoms with Crippen LogP contribution in [-0.2, 0) is 4.74 Å². The van der Waals surface area contributed by atoms with E-state index in [0.29, 0.717) is 19.4 Å². The Bertz CT molecular complexity index is 264. The first-order valence-corrected chi connectivity index (χ1v) is 6.94. The number of alkyl halides is 4. The summed E-state index contributed by atoms with van der Waals surface area (Å²) in [5.74, 6) is 0. The maximum atomic E-state index is 12.2. The van der Waals surface area contributed by atoms with E-state index in [1.807, 2.05) is 0 Å². The second kappa shape index (κ2) is 7.40. The van der Waals surface area contributed by atoms with Crippen molar-refractivity contribution < 1.29 is 22.7 Å². The van der Waals surface area contributed by atoms with Gasteiger partial charge in [-0.05, 0) is 33.6 Å². The van der Waals surface area contributed by atoms with Crippen LogP contribution in [0.4, 0.5) is 18.0 Å². The van der Waals surface area contributed by atoms with Gasteiger partial charge in [-0.3, -0.25) is 0 Å². The summed E-state index contributed by atoms with van der Waals surface area (Å²) >= 11 is 1.39. The topological polar surface area (TPSA) is 38.3 Å². The molecule has 0 rings (SSSR count). The molecule has 0 radical (unpaired) electrons. The molecule has 0 fully saturated rings. The number of carbonyl (C=O) groups excluding carboxylic acids is 1. The smallest absolute Gasteiger partial charge is 0.407 e. The fourth-order valence-corrected chi connectivity index (χ4v) is 1.56. The van der Waals surface area contributed by atoms with Crippen molar-refractivity contribution in [1.82, 2.24) is 5.32 Å². The molecule has 108 valence electrons. The third kappa shape index (κ3) is 9.78. The number of ether oxygens (including phenoxy) is 1. The normalized spacial score (nSPS) is 14.2. The number of nitrogens with one attached hydrogen (secondary N) is 1. The van der Waals surface area contributed by atoms with E-state index in [1.165, 1.54) is 22.6 Å². The van der Waals surface area contributed by atoms with E-state index >= 15 is 0 Å². The van der Waals surface area contributed by atoms with Gasteiger partial charge < -0.3 is 10.1 Å². The van der Waals surface area contributed by atoms with Crippen LogP contribution in [0.25, 0.3) is 0 Å². The molecule has 0 aliphatic rings. The first-order valence-electron chi connectivity index (χ1n) is 5.70. The number of carbonyl (C=O) groups is 1. The Morgan fingerprint density at radius 3 is 2.28 bits per heavy atom. The summed E-state index contributed by atoms with van der Waals surface area (Å²) in [6.07, 6.45) is -3.68. The molecule has 1 N–H and O–H groups in total. The third-order valence-corrected chi connectivity index (χ3v) is 3.24. The van der Waals surface area contributed by atoms with Crippen molar-refractivity contribution in [3.8, 4) is 0 Å². The second-order valence-corrected chi connectivity index (χ2v) is 6.44. The fraction of sp³-hybridized carbons (Fsp3) is 0.909. The molecule has 0 spiro atoms. The summed E-state index contributed by atoms with van der Waals surface area (Å²) < 4.78 is 40.2. The van der Waals surface area contributed by atoms with E-state index in [2.05, 4.69) is 5.32 Å². The molecule has 0 heterocycles. The second-order valence-electron chi connectivity index (χ2n) is 4.93. The molecular weight excluding hydrogens is 362 g/mol. The Kier molecular flexibility index (Phi) is 7.31. The van der Waals surface area contributed by atoms with E-state index in [0.717, 1.165) is 0 Å². The van der Waals surface area contributed by atoms with Crippen molar-refractivity contribution in [1.29, 1.82) is 0 Å². The Hall–Kier alpha value is -0.210. The van der Waals surface area contributed by atoms with Crippen molar-refractivity contribution >= 4 is 28.7 Å². The van der Waals surface area contributed by atoms with Crippen LogP contribution in [-0.4, -0.2) is 28.3 Å². The van der Waals surface area contributed by atoms with Gasteiger partial charge in [0, 0.05) is 6.54 Å². The van der Waals surface area contributed by atoms with Gasteiger partial charge in [0.05, 0.1) is 0 Å². The Morgan fingerprint density at radius 2 is 1.83 bits per heavy atom. The minimum atomic E-state index is -4.14. The molecule has 0 aliphatic heterocycles. The quantitative estimate of drug-likeness (QED) is 0.444. The highest BCUT2D eigenvalue weighted by atomic mass is 127. The van der Waals surface area contributed by atoms with Gasteiger partial charge >= 0.3 is 12.3 Å². The van der Waals surface area contributed by atoms with Crippen LogP contribution in [0.15, 0.2) is 0 Å². The van der Waals surface area contributed by atoms with Crippen LogP contribution in [0.1, 0.15) is 40.0 Å². The van der Waals surface area contributed by atoms with Gasteiger partial charge in [-0.25, -0.2) is 4.79 Å². The molecule has 0 aromatic rings. The van der Waals surface area contributed by atoms with E-state index in [1.54, 1.807) is 20.8 Å². The summed E-state index contributed by atoms with van der Waals surface area (Å²) in [7, 11) is 0. The van der Waals surface area contributed by atoms with E-state index < -0.39 is 21.8 Å². The van der Waals surface area contributed by atoms with Crippen LogP contribution in [0.5, 0.6) is 0 Å². The first kappa shape index (κ1) is 17.8. The largest absolute Gasteiger partial charge is 0.444 e. The lowest BCUT2D eigenvalue weighted by Gasteiger charge is -2.19. The predicted octanol–water partition coefficient (Wildman–Crippen LogP) is 4.05. The zero-order valence-corrected chi connectivity index (χ0v) is 12.9. The van der Waals surface area contributed by atoms with Crippen molar-refractivity contribution in [2.24, 2.45) is 0 Å². The summed E-state index contributed by atoms with van der Waals surface area (Å²) in [4.78, 5) is 11.2. The van der Waals surface area contributed by atoms with Crippen molar-refractivity contribution in [2.45, 2.75) is 55.7 Å². The molecule has 1 unspecified atom stereocenters. The Balaban J connectivity index is 3.61. The number of hydrogen-bond acceptors (Lipinski definition) is 2. The Labute approximate surface area is 119 Å². The van der Waals surface area contributed by atoms with E-state index in [9.17, 15) is 18.0 Å². The molecule has 1 amide bonds. The molecule has 0 saturated carbocycles. The van der Waals surface area contributed by atoms with Crippen molar-refractivity contribution in [3.63, 3.8) is 0 Å². The highest BCUT2D eigenvalue weighted by Crippen LogP contribution is 2.30. The summed E-state index contributed by atoms with van der Waals surface area (Å²) in [6.45, 7) is 5.57. The molecule has 3 nitrogen and oxygen atoms in total. The zero-order valence-electron chi connectivity index (χ0n) is 10.7. The minimum absolute atomic E-state index is 0.0695. The SMILES string of the molecule is CC(C)(C)OC(=O)NCCCCC(I)C(F)(F)F. The van der Waals surface area contributed by atoms with Crippen LogP contribution >= 0.6 is 22.6 Å². The van der Waals surface area contributed by atoms with Gasteiger partial charge in [0.1, 0.15) is 9.53 Å². The predicted molar refractivity (Wildman–Crippen MR) is 72.0 cm³/mol. The molecule has 18 heavy (non-hydrogen) atoms. The van der Waals surface area contributed by atoms with Gasteiger partial charge in [0.2, 0.25) is 0 Å². The molecule has 0 aromatic heterocycles. The standard InChI is InChI=1S/C11H19F3INO2/c1-10(2,3)18-9(17)16-7-5-4-6-8(15)11(12,13)14/h8H,4-7H2,1-3H3,(H,16,17). The number of halogens is 4. The first-order chi connectivity index (χ1) is 8.02. The highest BCUT2D eigenvalue weighted by molar-refractivity contribution is 14.1. The third-order valence-electron chi connectivity index (χ3n) is 1.91. The highest BCUT2D eigenvalue weighted by Gasteiger charge is 2.36. The van der Waals surface area contributed by atoms with E-state index in [-0.39, 0.29) is 6.42 Å². The molecule has 7 heteroatoms. The van der Waals surface area contributed by atoms with Crippen LogP contribution in [0, 0.1) is 0 Å². The maximum Gasteiger partial charge on any atom is 0.407 e. The van der Waals surface area contributed by atoms with Crippen molar-refractivity contribution in [2.75, 3.05) is 6.54 Å². The number of amides is 1. The molecule has 1 atom stereocenters. The lowest BCUT2D eigenvalue weighted by Crippen LogP contribution is -2.33. The molecular formula is C11H19F3INO2.